The van der Waals surface area contributed by atoms with E-state index in [9.17, 15) is 9.90 Å². The Morgan fingerprint density at radius 2 is 2.10 bits per heavy atom. The van der Waals surface area contributed by atoms with Crippen LogP contribution in [0.5, 0.6) is 0 Å². The number of amides is 1. The van der Waals surface area contributed by atoms with E-state index in [0.29, 0.717) is 4.88 Å². The number of carbonyl (C=O) groups is 1. The minimum absolute atomic E-state index is 0.133. The van der Waals surface area contributed by atoms with E-state index in [2.05, 4.69) is 5.32 Å². The van der Waals surface area contributed by atoms with Gasteiger partial charge in [-0.3, -0.25) is 4.79 Å². The van der Waals surface area contributed by atoms with Crippen LogP contribution in [0.3, 0.4) is 0 Å². The van der Waals surface area contributed by atoms with Crippen LogP contribution in [0.2, 0.25) is 0 Å². The molecule has 1 unspecified atom stereocenters. The van der Waals surface area contributed by atoms with Crippen molar-refractivity contribution < 1.29 is 9.90 Å². The second-order valence-corrected chi connectivity index (χ2v) is 6.72. The zero-order valence-corrected chi connectivity index (χ0v) is 13.1. The maximum Gasteiger partial charge on any atom is 0.261 e. The molecule has 1 aromatic carbocycles. The number of carbonyl (C=O) groups excluding carboxylic acids is 1. The number of nitrogens with one attached hydrogen (secondary N) is 1. The number of aryl methyl sites for hydroxylation is 1. The maximum absolute atomic E-state index is 12.0. The Morgan fingerprint density at radius 1 is 1.29 bits per heavy atom. The van der Waals surface area contributed by atoms with E-state index in [1.165, 1.54) is 11.3 Å². The van der Waals surface area contributed by atoms with Crippen molar-refractivity contribution in [1.82, 2.24) is 5.32 Å². The molecule has 0 fully saturated rings. The SMILES string of the molecule is Cc1csc(C(=O)NCC(O)c2csc3ccccc23)c1. The summed E-state index contributed by atoms with van der Waals surface area (Å²) in [5.41, 5.74) is 1.95. The molecule has 0 aliphatic rings. The van der Waals surface area contributed by atoms with Crippen molar-refractivity contribution in [2.24, 2.45) is 0 Å². The fourth-order valence-electron chi connectivity index (χ4n) is 2.19. The minimum Gasteiger partial charge on any atom is -0.387 e. The molecule has 0 saturated heterocycles. The third kappa shape index (κ3) is 3.00. The van der Waals surface area contributed by atoms with Crippen LogP contribution in [0.4, 0.5) is 0 Å². The fourth-order valence-corrected chi connectivity index (χ4v) is 4.02. The summed E-state index contributed by atoms with van der Waals surface area (Å²) in [5, 5.41) is 18.0. The number of fused-ring (bicyclic) bond motifs is 1. The molecule has 5 heteroatoms. The zero-order valence-electron chi connectivity index (χ0n) is 11.5. The minimum atomic E-state index is -0.689. The number of hydrogen-bond acceptors (Lipinski definition) is 4. The average Bonchev–Trinajstić information content (AvgIpc) is 3.10. The van der Waals surface area contributed by atoms with Crippen molar-refractivity contribution in [2.75, 3.05) is 6.54 Å². The highest BCUT2D eigenvalue weighted by atomic mass is 32.1. The van der Waals surface area contributed by atoms with Gasteiger partial charge in [0.25, 0.3) is 5.91 Å². The number of benzene rings is 1. The number of rotatable bonds is 4. The normalized spacial score (nSPS) is 12.5. The molecule has 3 nitrogen and oxygen atoms in total. The summed E-state index contributed by atoms with van der Waals surface area (Å²) >= 11 is 3.02. The van der Waals surface area contributed by atoms with Crippen molar-refractivity contribution in [2.45, 2.75) is 13.0 Å². The number of thiophene rings is 2. The smallest absolute Gasteiger partial charge is 0.261 e. The standard InChI is InChI=1S/C16H15NO2S2/c1-10-6-15(20-8-10)16(19)17-7-13(18)12-9-21-14-5-3-2-4-11(12)14/h2-6,8-9,13,18H,7H2,1H3,(H,17,19). The van der Waals surface area contributed by atoms with E-state index < -0.39 is 6.10 Å². The highest BCUT2D eigenvalue weighted by Crippen LogP contribution is 2.29. The summed E-state index contributed by atoms with van der Waals surface area (Å²) in [4.78, 5) is 12.7. The van der Waals surface area contributed by atoms with Crippen molar-refractivity contribution in [1.29, 1.82) is 0 Å². The molecule has 2 aromatic heterocycles. The summed E-state index contributed by atoms with van der Waals surface area (Å²) in [7, 11) is 0. The lowest BCUT2D eigenvalue weighted by molar-refractivity contribution is 0.0921. The summed E-state index contributed by atoms with van der Waals surface area (Å²) in [6.07, 6.45) is -0.689. The van der Waals surface area contributed by atoms with E-state index in [0.717, 1.165) is 21.2 Å². The van der Waals surface area contributed by atoms with Crippen LogP contribution < -0.4 is 5.32 Å². The van der Waals surface area contributed by atoms with Gasteiger partial charge in [-0.05, 0) is 40.8 Å². The van der Waals surface area contributed by atoms with E-state index in [1.54, 1.807) is 11.3 Å². The van der Waals surface area contributed by atoms with Crippen LogP contribution in [0, 0.1) is 6.92 Å². The first-order valence-corrected chi connectivity index (χ1v) is 8.38. The third-order valence-corrected chi connectivity index (χ3v) is 5.31. The average molecular weight is 317 g/mol. The lowest BCUT2D eigenvalue weighted by atomic mass is 10.1. The Kier molecular flexibility index (Phi) is 4.05. The number of aliphatic hydroxyl groups excluding tert-OH is 1. The zero-order chi connectivity index (χ0) is 14.8. The molecule has 0 saturated carbocycles. The van der Waals surface area contributed by atoms with Crippen LogP contribution in [0.1, 0.15) is 26.9 Å². The Bertz CT molecular complexity index is 775. The maximum atomic E-state index is 12.0. The Balaban J connectivity index is 1.69. The molecular formula is C16H15NO2S2. The molecule has 0 aliphatic carbocycles. The van der Waals surface area contributed by atoms with Crippen LogP contribution in [-0.4, -0.2) is 17.6 Å². The second kappa shape index (κ2) is 5.97. The molecule has 21 heavy (non-hydrogen) atoms. The largest absolute Gasteiger partial charge is 0.387 e. The quantitative estimate of drug-likeness (QED) is 0.770. The molecule has 3 aromatic rings. The Labute approximate surface area is 130 Å². The van der Waals surface area contributed by atoms with Gasteiger partial charge in [0.1, 0.15) is 0 Å². The fraction of sp³-hybridized carbons (Fsp3) is 0.188. The summed E-state index contributed by atoms with van der Waals surface area (Å²) in [6, 6.07) is 9.82. The van der Waals surface area contributed by atoms with Gasteiger partial charge in [-0.1, -0.05) is 18.2 Å². The predicted octanol–water partition coefficient (Wildman–Crippen LogP) is 3.73. The lowest BCUT2D eigenvalue weighted by Gasteiger charge is -2.11. The Hall–Kier alpha value is -1.69. The van der Waals surface area contributed by atoms with Gasteiger partial charge in [0.2, 0.25) is 0 Å². The van der Waals surface area contributed by atoms with Crippen molar-refractivity contribution in [3.63, 3.8) is 0 Å². The van der Waals surface area contributed by atoms with Gasteiger partial charge >= 0.3 is 0 Å². The van der Waals surface area contributed by atoms with Crippen LogP contribution >= 0.6 is 22.7 Å². The van der Waals surface area contributed by atoms with Crippen LogP contribution in [0.25, 0.3) is 10.1 Å². The molecule has 2 N–H and O–H groups in total. The lowest BCUT2D eigenvalue weighted by Crippen LogP contribution is -2.27. The predicted molar refractivity (Wildman–Crippen MR) is 88.2 cm³/mol. The van der Waals surface area contributed by atoms with Gasteiger partial charge in [-0.25, -0.2) is 0 Å². The number of hydrogen-bond donors (Lipinski definition) is 2. The first-order chi connectivity index (χ1) is 10.1. The van der Waals surface area contributed by atoms with E-state index in [1.807, 2.05) is 48.0 Å². The van der Waals surface area contributed by atoms with Crippen LogP contribution in [0.15, 0.2) is 41.1 Å². The first kappa shape index (κ1) is 14.3. The highest BCUT2D eigenvalue weighted by molar-refractivity contribution is 7.17. The molecule has 0 bridgehead atoms. The molecular weight excluding hydrogens is 302 g/mol. The van der Waals surface area contributed by atoms with Gasteiger partial charge in [-0.2, -0.15) is 0 Å². The van der Waals surface area contributed by atoms with Crippen LogP contribution in [-0.2, 0) is 0 Å². The van der Waals surface area contributed by atoms with Gasteiger partial charge < -0.3 is 10.4 Å². The molecule has 2 heterocycles. The third-order valence-electron chi connectivity index (χ3n) is 3.28. The van der Waals surface area contributed by atoms with Gasteiger partial charge in [0.05, 0.1) is 11.0 Å². The monoisotopic (exact) mass is 317 g/mol. The summed E-state index contributed by atoms with van der Waals surface area (Å²) in [5.74, 6) is -0.133. The van der Waals surface area contributed by atoms with Crippen molar-refractivity contribution >= 4 is 38.7 Å². The summed E-state index contributed by atoms with van der Waals surface area (Å²) in [6.45, 7) is 2.18. The molecule has 1 atom stereocenters. The molecule has 108 valence electrons. The summed E-state index contributed by atoms with van der Waals surface area (Å²) < 4.78 is 1.15. The van der Waals surface area contributed by atoms with Crippen molar-refractivity contribution in [3.8, 4) is 0 Å². The van der Waals surface area contributed by atoms with E-state index in [-0.39, 0.29) is 12.5 Å². The van der Waals surface area contributed by atoms with E-state index in [4.69, 9.17) is 0 Å². The van der Waals surface area contributed by atoms with Gasteiger partial charge in [-0.15, -0.1) is 22.7 Å². The highest BCUT2D eigenvalue weighted by Gasteiger charge is 2.15. The molecule has 1 amide bonds. The first-order valence-electron chi connectivity index (χ1n) is 6.62. The second-order valence-electron chi connectivity index (χ2n) is 4.90. The number of aliphatic hydroxyl groups is 1. The van der Waals surface area contributed by atoms with Gasteiger partial charge in [0, 0.05) is 16.8 Å². The topological polar surface area (TPSA) is 49.3 Å². The van der Waals surface area contributed by atoms with Crippen molar-refractivity contribution in [3.05, 3.63) is 57.1 Å². The molecule has 0 spiro atoms. The molecule has 0 aliphatic heterocycles. The molecule has 0 radical (unpaired) electrons. The Morgan fingerprint density at radius 3 is 2.86 bits per heavy atom. The van der Waals surface area contributed by atoms with Gasteiger partial charge in [0.15, 0.2) is 0 Å². The van der Waals surface area contributed by atoms with E-state index >= 15 is 0 Å². The molecule has 3 rings (SSSR count).